The summed E-state index contributed by atoms with van der Waals surface area (Å²) in [6.07, 6.45) is 7.74. The Morgan fingerprint density at radius 1 is 0.767 bits per heavy atom. The number of carboxylic acids is 2. The van der Waals surface area contributed by atoms with Gasteiger partial charge in [-0.15, -0.1) is 11.8 Å². The van der Waals surface area contributed by atoms with Crippen molar-refractivity contribution >= 4 is 23.7 Å². The van der Waals surface area contributed by atoms with E-state index in [1.807, 2.05) is 25.1 Å². The van der Waals surface area contributed by atoms with Crippen LogP contribution >= 0.6 is 11.8 Å². The molecule has 0 unspecified atom stereocenters. The molecule has 3 rings (SSSR count). The fourth-order valence-corrected chi connectivity index (χ4v) is 5.27. The molecule has 0 atom stereocenters. The second-order valence-electron chi connectivity index (χ2n) is 10.4. The molecule has 0 amide bonds. The zero-order valence-electron chi connectivity index (χ0n) is 25.3. The van der Waals surface area contributed by atoms with Gasteiger partial charge in [-0.2, -0.15) is 0 Å². The van der Waals surface area contributed by atoms with Crippen LogP contribution in [-0.4, -0.2) is 48.2 Å². The van der Waals surface area contributed by atoms with Crippen LogP contribution in [-0.2, 0) is 33.8 Å². The third kappa shape index (κ3) is 12.3. The van der Waals surface area contributed by atoms with Crippen molar-refractivity contribution in [3.63, 3.8) is 0 Å². The van der Waals surface area contributed by atoms with Crippen LogP contribution in [0.15, 0.2) is 65.6 Å². The number of hydrogen-bond donors (Lipinski definition) is 2. The van der Waals surface area contributed by atoms with E-state index < -0.39 is 11.9 Å². The maximum Gasteiger partial charge on any atom is 0.303 e. The lowest BCUT2D eigenvalue weighted by Crippen LogP contribution is -2.07. The summed E-state index contributed by atoms with van der Waals surface area (Å²) in [5.41, 5.74) is 5.37. The van der Waals surface area contributed by atoms with Gasteiger partial charge >= 0.3 is 11.9 Å². The normalized spacial score (nSPS) is 10.9. The van der Waals surface area contributed by atoms with Crippen molar-refractivity contribution in [1.82, 2.24) is 0 Å². The Balaban J connectivity index is 1.51. The van der Waals surface area contributed by atoms with E-state index in [-0.39, 0.29) is 19.4 Å². The highest BCUT2D eigenvalue weighted by atomic mass is 32.2. The number of carbonyl (C=O) groups is 2. The summed E-state index contributed by atoms with van der Waals surface area (Å²) >= 11 is 1.73. The molecule has 0 aliphatic carbocycles. The monoisotopic (exact) mass is 608 g/mol. The van der Waals surface area contributed by atoms with Crippen molar-refractivity contribution in [2.45, 2.75) is 76.2 Å². The second kappa shape index (κ2) is 18.9. The first-order valence-electron chi connectivity index (χ1n) is 15.1. The Kier molecular flexibility index (Phi) is 15.0. The molecule has 3 aromatic rings. The fourth-order valence-electron chi connectivity index (χ4n) is 4.86. The highest BCUT2D eigenvalue weighted by molar-refractivity contribution is 7.98. The van der Waals surface area contributed by atoms with Gasteiger partial charge in [0, 0.05) is 24.3 Å². The van der Waals surface area contributed by atoms with Crippen LogP contribution < -0.4 is 9.47 Å². The number of hydrogen-bond acceptors (Lipinski definition) is 6. The number of unbranched alkanes of at least 4 members (excludes halogenated alkanes) is 3. The minimum absolute atomic E-state index is 0.0242. The molecule has 232 valence electrons. The number of benzene rings is 3. The van der Waals surface area contributed by atoms with E-state index in [2.05, 4.69) is 48.7 Å². The molecule has 0 aromatic heterocycles. The Hall–Kier alpha value is -3.49. The molecule has 43 heavy (non-hydrogen) atoms. The maximum atomic E-state index is 11.2. The molecule has 0 saturated heterocycles. The van der Waals surface area contributed by atoms with Gasteiger partial charge in [0.25, 0.3) is 0 Å². The highest BCUT2D eigenvalue weighted by Gasteiger charge is 2.12. The SMILES string of the molecule is CCOCc1cc(OCCCCCCc2cccc(OCCCC(=O)O)c2CCC(=O)O)cc(-c2ccc(SC)cc2)c1. The van der Waals surface area contributed by atoms with E-state index >= 15 is 0 Å². The summed E-state index contributed by atoms with van der Waals surface area (Å²) in [4.78, 5) is 23.3. The number of aliphatic carboxylic acids is 2. The Morgan fingerprint density at radius 2 is 1.51 bits per heavy atom. The Bertz CT molecular complexity index is 1290. The fraction of sp³-hybridized carbons (Fsp3) is 0.429. The van der Waals surface area contributed by atoms with Crippen molar-refractivity contribution in [1.29, 1.82) is 0 Å². The molecule has 7 nitrogen and oxygen atoms in total. The van der Waals surface area contributed by atoms with Crippen LogP contribution in [0, 0.1) is 0 Å². The zero-order valence-corrected chi connectivity index (χ0v) is 26.1. The maximum absolute atomic E-state index is 11.2. The van der Waals surface area contributed by atoms with Gasteiger partial charge in [-0.25, -0.2) is 0 Å². The smallest absolute Gasteiger partial charge is 0.303 e. The molecule has 0 heterocycles. The molecular formula is C35H44O7S. The first kappa shape index (κ1) is 34.0. The van der Waals surface area contributed by atoms with Crippen molar-refractivity contribution in [2.75, 3.05) is 26.1 Å². The zero-order chi connectivity index (χ0) is 30.9. The molecule has 0 radical (unpaired) electrons. The molecule has 3 aromatic carbocycles. The van der Waals surface area contributed by atoms with Gasteiger partial charge < -0.3 is 24.4 Å². The third-order valence-corrected chi connectivity index (χ3v) is 7.83. The minimum Gasteiger partial charge on any atom is -0.494 e. The lowest BCUT2D eigenvalue weighted by atomic mass is 9.97. The van der Waals surface area contributed by atoms with Crippen LogP contribution in [0.25, 0.3) is 11.1 Å². The summed E-state index contributed by atoms with van der Waals surface area (Å²) in [6, 6.07) is 20.7. The summed E-state index contributed by atoms with van der Waals surface area (Å²) in [7, 11) is 0. The molecule has 0 aliphatic rings. The van der Waals surface area contributed by atoms with Crippen LogP contribution in [0.3, 0.4) is 0 Å². The van der Waals surface area contributed by atoms with E-state index in [0.717, 1.165) is 65.7 Å². The molecule has 8 heteroatoms. The average molecular weight is 609 g/mol. The van der Waals surface area contributed by atoms with Gasteiger partial charge in [-0.3, -0.25) is 9.59 Å². The van der Waals surface area contributed by atoms with Gasteiger partial charge in [0.1, 0.15) is 11.5 Å². The molecule has 2 N–H and O–H groups in total. The van der Waals surface area contributed by atoms with Crippen molar-refractivity contribution in [3.05, 3.63) is 77.4 Å². The number of thioether (sulfide) groups is 1. The molecule has 0 saturated carbocycles. The molecule has 0 spiro atoms. The summed E-state index contributed by atoms with van der Waals surface area (Å²) in [5, 5.41) is 18.1. The average Bonchev–Trinajstić information content (AvgIpc) is 3.00. The van der Waals surface area contributed by atoms with Gasteiger partial charge in [0.2, 0.25) is 0 Å². The molecule has 0 bridgehead atoms. The largest absolute Gasteiger partial charge is 0.494 e. The van der Waals surface area contributed by atoms with E-state index in [1.165, 1.54) is 4.90 Å². The number of ether oxygens (including phenoxy) is 3. The standard InChI is InChI=1S/C35H44O7S/c1-3-40-25-26-22-29(27-14-16-31(43-2)17-15-27)24-30(23-26)41-20-7-5-4-6-10-28-11-8-12-33(32(28)18-19-35(38)39)42-21-9-13-34(36)37/h8,11-12,14-17,22-24H,3-7,9-10,13,18-21,25H2,1-2H3,(H,36,37)(H,38,39). The Morgan fingerprint density at radius 3 is 2.23 bits per heavy atom. The second-order valence-corrected chi connectivity index (χ2v) is 11.3. The summed E-state index contributed by atoms with van der Waals surface area (Å²) in [6.45, 7) is 4.12. The lowest BCUT2D eigenvalue weighted by molar-refractivity contribution is -0.138. The molecular weight excluding hydrogens is 564 g/mol. The summed E-state index contributed by atoms with van der Waals surface area (Å²) in [5.74, 6) is -0.200. The van der Waals surface area contributed by atoms with Crippen molar-refractivity contribution in [2.24, 2.45) is 0 Å². The highest BCUT2D eigenvalue weighted by Crippen LogP contribution is 2.29. The van der Waals surface area contributed by atoms with Crippen molar-refractivity contribution < 1.29 is 34.0 Å². The number of aryl methyl sites for hydroxylation is 1. The first-order valence-corrected chi connectivity index (χ1v) is 16.3. The van der Waals surface area contributed by atoms with Crippen LogP contribution in [0.2, 0.25) is 0 Å². The van der Waals surface area contributed by atoms with Crippen LogP contribution in [0.5, 0.6) is 11.5 Å². The quantitative estimate of drug-likeness (QED) is 0.0925. The topological polar surface area (TPSA) is 102 Å². The predicted octanol–water partition coefficient (Wildman–Crippen LogP) is 8.05. The van der Waals surface area contributed by atoms with E-state index in [4.69, 9.17) is 19.3 Å². The molecule has 0 fully saturated rings. The van der Waals surface area contributed by atoms with E-state index in [0.29, 0.717) is 38.4 Å². The van der Waals surface area contributed by atoms with Gasteiger partial charge in [-0.1, -0.05) is 37.1 Å². The summed E-state index contributed by atoms with van der Waals surface area (Å²) < 4.78 is 17.7. The van der Waals surface area contributed by atoms with Crippen LogP contribution in [0.1, 0.15) is 68.6 Å². The van der Waals surface area contributed by atoms with E-state index in [1.54, 1.807) is 11.8 Å². The lowest BCUT2D eigenvalue weighted by Gasteiger charge is -2.15. The van der Waals surface area contributed by atoms with Gasteiger partial charge in [-0.05, 0) is 109 Å². The van der Waals surface area contributed by atoms with Crippen LogP contribution in [0.4, 0.5) is 0 Å². The van der Waals surface area contributed by atoms with Crippen molar-refractivity contribution in [3.8, 4) is 22.6 Å². The minimum atomic E-state index is -0.856. The van der Waals surface area contributed by atoms with Gasteiger partial charge in [0.05, 0.1) is 19.8 Å². The Labute approximate surface area is 259 Å². The number of carboxylic acid groups (broad SMARTS) is 2. The number of rotatable bonds is 21. The predicted molar refractivity (Wildman–Crippen MR) is 171 cm³/mol. The third-order valence-electron chi connectivity index (χ3n) is 7.08. The molecule has 0 aliphatic heterocycles. The first-order chi connectivity index (χ1) is 20.9. The van der Waals surface area contributed by atoms with Gasteiger partial charge in [0.15, 0.2) is 0 Å². The van der Waals surface area contributed by atoms with E-state index in [9.17, 15) is 14.7 Å².